The zero-order valence-corrected chi connectivity index (χ0v) is 13.7. The first kappa shape index (κ1) is 16.7. The highest BCUT2D eigenvalue weighted by atomic mass is 16.5. The Bertz CT molecular complexity index is 632. The van der Waals surface area contributed by atoms with Crippen LogP contribution in [0.3, 0.4) is 0 Å². The second kappa shape index (κ2) is 7.09. The molecule has 0 aliphatic carbocycles. The third-order valence-electron chi connectivity index (χ3n) is 4.89. The van der Waals surface area contributed by atoms with Crippen LogP contribution in [0.4, 0.5) is 0 Å². The molecular weight excluding hydrogens is 280 g/mol. The van der Waals surface area contributed by atoms with Crippen LogP contribution >= 0.6 is 0 Å². The molecule has 1 aliphatic rings. The summed E-state index contributed by atoms with van der Waals surface area (Å²) in [6.07, 6.45) is 6.10. The standard InChI is InChI=1S/C17H26N2O3/c1-5-9-19-10-13(16(20)18-17(19)21)15-8-7-14(22-15)12(4)11(3)6-2/h5,10-12,14-15H,1,6-9H2,2-4H3,(H,18,20,21)/t11?,12?,14?,15-/m1/s1. The molecule has 0 bridgehead atoms. The van der Waals surface area contributed by atoms with Crippen LogP contribution in [-0.4, -0.2) is 15.7 Å². The van der Waals surface area contributed by atoms with Crippen molar-refractivity contribution in [3.8, 4) is 0 Å². The van der Waals surface area contributed by atoms with Crippen molar-refractivity contribution in [2.24, 2.45) is 11.8 Å². The van der Waals surface area contributed by atoms with E-state index in [0.717, 1.165) is 19.3 Å². The Morgan fingerprint density at radius 3 is 2.82 bits per heavy atom. The van der Waals surface area contributed by atoms with Gasteiger partial charge in [0.2, 0.25) is 0 Å². The van der Waals surface area contributed by atoms with Crippen molar-refractivity contribution in [1.29, 1.82) is 0 Å². The highest BCUT2D eigenvalue weighted by Crippen LogP contribution is 2.36. The topological polar surface area (TPSA) is 64.1 Å². The molecule has 1 aliphatic heterocycles. The molecule has 1 N–H and O–H groups in total. The van der Waals surface area contributed by atoms with Gasteiger partial charge >= 0.3 is 5.69 Å². The van der Waals surface area contributed by atoms with Crippen LogP contribution in [-0.2, 0) is 11.3 Å². The van der Waals surface area contributed by atoms with Crippen molar-refractivity contribution in [3.63, 3.8) is 0 Å². The Hall–Kier alpha value is -1.62. The maximum Gasteiger partial charge on any atom is 0.328 e. The molecule has 1 fully saturated rings. The largest absolute Gasteiger partial charge is 0.370 e. The van der Waals surface area contributed by atoms with Crippen molar-refractivity contribution in [2.75, 3.05) is 0 Å². The quantitative estimate of drug-likeness (QED) is 0.822. The van der Waals surface area contributed by atoms with Crippen molar-refractivity contribution < 1.29 is 4.74 Å². The zero-order chi connectivity index (χ0) is 16.3. The van der Waals surface area contributed by atoms with Gasteiger partial charge in [0.1, 0.15) is 0 Å². The number of H-pyrrole nitrogens is 1. The molecular formula is C17H26N2O3. The summed E-state index contributed by atoms with van der Waals surface area (Å²) in [5, 5.41) is 0. The van der Waals surface area contributed by atoms with E-state index in [1.54, 1.807) is 12.3 Å². The molecule has 0 aromatic carbocycles. The van der Waals surface area contributed by atoms with E-state index in [1.807, 2.05) is 0 Å². The average Bonchev–Trinajstić information content (AvgIpc) is 2.98. The van der Waals surface area contributed by atoms with Gasteiger partial charge in [-0.15, -0.1) is 6.58 Å². The summed E-state index contributed by atoms with van der Waals surface area (Å²) in [6.45, 7) is 10.6. The van der Waals surface area contributed by atoms with E-state index in [2.05, 4.69) is 32.3 Å². The van der Waals surface area contributed by atoms with Crippen LogP contribution < -0.4 is 11.2 Å². The fourth-order valence-corrected chi connectivity index (χ4v) is 3.05. The molecule has 3 unspecified atom stereocenters. The van der Waals surface area contributed by atoms with Gasteiger partial charge < -0.3 is 4.74 Å². The van der Waals surface area contributed by atoms with Gasteiger partial charge in [0, 0.05) is 12.7 Å². The predicted molar refractivity (Wildman–Crippen MR) is 87.0 cm³/mol. The molecule has 0 amide bonds. The Balaban J connectivity index is 2.20. The summed E-state index contributed by atoms with van der Waals surface area (Å²) in [6, 6.07) is 0. The van der Waals surface area contributed by atoms with Gasteiger partial charge in [-0.3, -0.25) is 14.3 Å². The molecule has 1 aromatic rings. The molecule has 2 heterocycles. The number of aromatic nitrogens is 2. The fraction of sp³-hybridized carbons (Fsp3) is 0.647. The smallest absolute Gasteiger partial charge is 0.328 e. The Kier molecular flexibility index (Phi) is 5.40. The lowest BCUT2D eigenvalue weighted by atomic mass is 9.87. The lowest BCUT2D eigenvalue weighted by molar-refractivity contribution is -0.00109. The first-order chi connectivity index (χ1) is 10.5. The monoisotopic (exact) mass is 306 g/mol. The lowest BCUT2D eigenvalue weighted by Crippen LogP contribution is -2.32. The summed E-state index contributed by atoms with van der Waals surface area (Å²) in [5.74, 6) is 1.06. The molecule has 5 nitrogen and oxygen atoms in total. The van der Waals surface area contributed by atoms with E-state index in [1.165, 1.54) is 4.57 Å². The summed E-state index contributed by atoms with van der Waals surface area (Å²) in [5.41, 5.74) is -0.205. The average molecular weight is 306 g/mol. The molecule has 0 radical (unpaired) electrons. The van der Waals surface area contributed by atoms with Crippen molar-refractivity contribution in [1.82, 2.24) is 9.55 Å². The summed E-state index contributed by atoms with van der Waals surface area (Å²) < 4.78 is 7.58. The molecule has 0 spiro atoms. The second-order valence-electron chi connectivity index (χ2n) is 6.27. The van der Waals surface area contributed by atoms with E-state index in [9.17, 15) is 9.59 Å². The van der Waals surface area contributed by atoms with Gasteiger partial charge in [-0.25, -0.2) is 4.79 Å². The van der Waals surface area contributed by atoms with Crippen LogP contribution in [0.2, 0.25) is 0 Å². The minimum absolute atomic E-state index is 0.180. The van der Waals surface area contributed by atoms with Gasteiger partial charge in [0.25, 0.3) is 5.56 Å². The third kappa shape index (κ3) is 3.40. The number of allylic oxidation sites excluding steroid dienone is 1. The highest BCUT2D eigenvalue weighted by molar-refractivity contribution is 5.11. The molecule has 22 heavy (non-hydrogen) atoms. The van der Waals surface area contributed by atoms with Crippen LogP contribution in [0.25, 0.3) is 0 Å². The van der Waals surface area contributed by atoms with Crippen LogP contribution in [0.5, 0.6) is 0 Å². The second-order valence-corrected chi connectivity index (χ2v) is 6.27. The highest BCUT2D eigenvalue weighted by Gasteiger charge is 2.33. The van der Waals surface area contributed by atoms with E-state index in [-0.39, 0.29) is 17.8 Å². The van der Waals surface area contributed by atoms with E-state index in [0.29, 0.717) is 23.9 Å². The van der Waals surface area contributed by atoms with Crippen LogP contribution in [0.1, 0.15) is 51.7 Å². The number of nitrogens with one attached hydrogen (secondary N) is 1. The zero-order valence-electron chi connectivity index (χ0n) is 13.7. The molecule has 0 saturated carbocycles. The number of rotatable bonds is 6. The number of aromatic amines is 1. The number of hydrogen-bond donors (Lipinski definition) is 1. The van der Waals surface area contributed by atoms with Crippen molar-refractivity contribution >= 4 is 0 Å². The minimum Gasteiger partial charge on any atom is -0.370 e. The number of nitrogens with zero attached hydrogens (tertiary/aromatic N) is 1. The molecule has 4 atom stereocenters. The minimum atomic E-state index is -0.406. The van der Waals surface area contributed by atoms with Gasteiger partial charge in [-0.2, -0.15) is 0 Å². The predicted octanol–water partition coefficient (Wildman–Crippen LogP) is 2.62. The Morgan fingerprint density at radius 2 is 2.18 bits per heavy atom. The third-order valence-corrected chi connectivity index (χ3v) is 4.89. The number of hydrogen-bond acceptors (Lipinski definition) is 3. The van der Waals surface area contributed by atoms with Crippen molar-refractivity contribution in [3.05, 3.63) is 45.3 Å². The fourth-order valence-electron chi connectivity index (χ4n) is 3.05. The Morgan fingerprint density at radius 1 is 1.45 bits per heavy atom. The first-order valence-corrected chi connectivity index (χ1v) is 8.07. The Labute approximate surface area is 131 Å². The first-order valence-electron chi connectivity index (χ1n) is 8.07. The SMILES string of the molecule is C=CCn1cc([C@H]2CCC(C(C)C(C)CC)O2)c(=O)[nH]c1=O. The van der Waals surface area contributed by atoms with Gasteiger partial charge in [0.05, 0.1) is 17.8 Å². The molecule has 1 aromatic heterocycles. The van der Waals surface area contributed by atoms with Gasteiger partial charge in [-0.05, 0) is 24.7 Å². The van der Waals surface area contributed by atoms with E-state index < -0.39 is 5.69 Å². The summed E-state index contributed by atoms with van der Waals surface area (Å²) in [4.78, 5) is 26.2. The molecule has 1 saturated heterocycles. The molecule has 122 valence electrons. The summed E-state index contributed by atoms with van der Waals surface area (Å²) in [7, 11) is 0. The van der Waals surface area contributed by atoms with Crippen LogP contribution in [0.15, 0.2) is 28.4 Å². The number of ether oxygens (including phenoxy) is 1. The summed E-state index contributed by atoms with van der Waals surface area (Å²) >= 11 is 0. The van der Waals surface area contributed by atoms with Gasteiger partial charge in [0.15, 0.2) is 0 Å². The normalized spacial score (nSPS) is 24.1. The maximum absolute atomic E-state index is 12.1. The lowest BCUT2D eigenvalue weighted by Gasteiger charge is -2.25. The van der Waals surface area contributed by atoms with E-state index >= 15 is 0 Å². The molecule has 2 rings (SSSR count). The van der Waals surface area contributed by atoms with E-state index in [4.69, 9.17) is 4.74 Å². The van der Waals surface area contributed by atoms with Crippen molar-refractivity contribution in [2.45, 2.75) is 58.8 Å². The van der Waals surface area contributed by atoms with Crippen LogP contribution in [0, 0.1) is 11.8 Å². The maximum atomic E-state index is 12.1. The molecule has 5 heteroatoms. The van der Waals surface area contributed by atoms with Gasteiger partial charge in [-0.1, -0.05) is 33.3 Å².